The summed E-state index contributed by atoms with van der Waals surface area (Å²) in [5, 5.41) is 3.83. The van der Waals surface area contributed by atoms with Gasteiger partial charge in [0.2, 0.25) is 5.91 Å². The maximum absolute atomic E-state index is 13.4. The molecule has 1 aliphatic carbocycles. The van der Waals surface area contributed by atoms with Gasteiger partial charge in [-0.1, -0.05) is 19.3 Å². The Morgan fingerprint density at radius 1 is 1.19 bits per heavy atom. The Kier molecular flexibility index (Phi) is 5.31. The maximum atomic E-state index is 13.4. The molecule has 2 fully saturated rings. The molecular formula is C19H25F2N5O. The fraction of sp³-hybridized carbons (Fsp3) is 0.684. The van der Waals surface area contributed by atoms with E-state index in [-0.39, 0.29) is 23.3 Å². The molecule has 146 valence electrons. The van der Waals surface area contributed by atoms with Crippen molar-refractivity contribution in [1.29, 1.82) is 0 Å². The topological polar surface area (TPSA) is 63.4 Å². The van der Waals surface area contributed by atoms with Gasteiger partial charge >= 0.3 is 0 Å². The fourth-order valence-corrected chi connectivity index (χ4v) is 4.43. The number of carbonyl (C=O) groups excluding carboxylic acids is 1. The first-order valence-corrected chi connectivity index (χ1v) is 9.88. The van der Waals surface area contributed by atoms with Gasteiger partial charge in [-0.05, 0) is 37.7 Å². The molecular weight excluding hydrogens is 352 g/mol. The molecule has 0 aromatic carbocycles. The average molecular weight is 377 g/mol. The van der Waals surface area contributed by atoms with Crippen LogP contribution in [0.1, 0.15) is 75.1 Å². The number of alkyl halides is 2. The number of rotatable bonds is 4. The molecule has 27 heavy (non-hydrogen) atoms. The Labute approximate surface area is 157 Å². The van der Waals surface area contributed by atoms with Crippen LogP contribution in [0.5, 0.6) is 0 Å². The van der Waals surface area contributed by atoms with Gasteiger partial charge < -0.3 is 4.90 Å². The molecule has 1 aliphatic heterocycles. The van der Waals surface area contributed by atoms with Crippen LogP contribution < -0.4 is 0 Å². The highest BCUT2D eigenvalue weighted by molar-refractivity contribution is 5.76. The molecule has 0 unspecified atom stereocenters. The Balaban J connectivity index is 1.49. The van der Waals surface area contributed by atoms with E-state index in [1.54, 1.807) is 0 Å². The van der Waals surface area contributed by atoms with Crippen molar-refractivity contribution in [2.45, 2.75) is 63.7 Å². The minimum absolute atomic E-state index is 0.0340. The van der Waals surface area contributed by atoms with E-state index >= 15 is 0 Å². The van der Waals surface area contributed by atoms with Crippen LogP contribution in [0.3, 0.4) is 0 Å². The number of amides is 1. The third-order valence-corrected chi connectivity index (χ3v) is 5.90. The van der Waals surface area contributed by atoms with Crippen LogP contribution in [0.4, 0.5) is 8.78 Å². The van der Waals surface area contributed by atoms with Crippen molar-refractivity contribution >= 4 is 11.7 Å². The third kappa shape index (κ3) is 3.94. The molecule has 1 amide bonds. The van der Waals surface area contributed by atoms with Crippen molar-refractivity contribution in [3.63, 3.8) is 0 Å². The predicted octanol–water partition coefficient (Wildman–Crippen LogP) is 3.74. The molecule has 2 aliphatic rings. The first-order chi connectivity index (χ1) is 13.1. The lowest BCUT2D eigenvalue weighted by Gasteiger charge is -2.34. The molecule has 0 bridgehead atoms. The first kappa shape index (κ1) is 18.3. The number of fused-ring (bicyclic) bond motifs is 1. The number of piperidine rings is 1. The first-order valence-electron chi connectivity index (χ1n) is 9.88. The van der Waals surface area contributed by atoms with Crippen molar-refractivity contribution in [2.75, 3.05) is 13.1 Å². The van der Waals surface area contributed by atoms with Crippen LogP contribution in [-0.2, 0) is 4.79 Å². The molecule has 1 saturated heterocycles. The number of carbonyl (C=O) groups is 1. The molecule has 4 rings (SSSR count). The Morgan fingerprint density at radius 2 is 2.00 bits per heavy atom. The Bertz CT molecular complexity index is 802. The van der Waals surface area contributed by atoms with Crippen molar-refractivity contribution < 1.29 is 13.6 Å². The highest BCUT2D eigenvalue weighted by Gasteiger charge is 2.29. The van der Waals surface area contributed by atoms with Crippen molar-refractivity contribution in [1.82, 2.24) is 24.5 Å². The van der Waals surface area contributed by atoms with E-state index in [0.29, 0.717) is 24.6 Å². The summed E-state index contributed by atoms with van der Waals surface area (Å²) in [6.45, 7) is 1.29. The number of nitrogens with zero attached hydrogens (tertiary/aromatic N) is 5. The molecule has 0 spiro atoms. The van der Waals surface area contributed by atoms with Crippen LogP contribution in [0.15, 0.2) is 12.4 Å². The van der Waals surface area contributed by atoms with Gasteiger partial charge in [0.1, 0.15) is 12.0 Å². The van der Waals surface area contributed by atoms with Gasteiger partial charge in [-0.3, -0.25) is 4.79 Å². The van der Waals surface area contributed by atoms with Crippen LogP contribution in [-0.4, -0.2) is 43.5 Å². The van der Waals surface area contributed by atoms with Gasteiger partial charge in [0.15, 0.2) is 0 Å². The lowest BCUT2D eigenvalue weighted by atomic mass is 9.86. The zero-order valence-corrected chi connectivity index (χ0v) is 15.4. The smallest absolute Gasteiger partial charge is 0.280 e. The summed E-state index contributed by atoms with van der Waals surface area (Å²) in [4.78, 5) is 23.1. The van der Waals surface area contributed by atoms with Gasteiger partial charge in [-0.2, -0.15) is 14.6 Å². The Morgan fingerprint density at radius 3 is 2.78 bits per heavy atom. The fourth-order valence-electron chi connectivity index (χ4n) is 4.43. The molecule has 8 heteroatoms. The van der Waals surface area contributed by atoms with Gasteiger partial charge in [-0.25, -0.2) is 13.8 Å². The van der Waals surface area contributed by atoms with Crippen molar-refractivity contribution in [2.24, 2.45) is 5.92 Å². The SMILES string of the molecule is O=C(CC1CCCCC1)N1CCC[C@@H](c2cc(C(F)F)n3ncnc3n2)C1. The van der Waals surface area contributed by atoms with E-state index in [9.17, 15) is 13.6 Å². The minimum Gasteiger partial charge on any atom is -0.342 e. The van der Waals surface area contributed by atoms with Gasteiger partial charge in [0.25, 0.3) is 12.2 Å². The molecule has 6 nitrogen and oxygen atoms in total. The maximum Gasteiger partial charge on any atom is 0.280 e. The van der Waals surface area contributed by atoms with E-state index in [4.69, 9.17) is 0 Å². The third-order valence-electron chi connectivity index (χ3n) is 5.90. The monoisotopic (exact) mass is 377 g/mol. The molecule has 3 heterocycles. The number of hydrogen-bond donors (Lipinski definition) is 0. The molecule has 1 saturated carbocycles. The van der Waals surface area contributed by atoms with Crippen LogP contribution >= 0.6 is 0 Å². The molecule has 2 aromatic heterocycles. The van der Waals surface area contributed by atoms with E-state index in [1.807, 2.05) is 4.90 Å². The Hall–Kier alpha value is -2.12. The second kappa shape index (κ2) is 7.86. The van der Waals surface area contributed by atoms with Crippen molar-refractivity contribution in [3.05, 3.63) is 23.8 Å². The number of hydrogen-bond acceptors (Lipinski definition) is 4. The van der Waals surface area contributed by atoms with Crippen LogP contribution in [0.25, 0.3) is 5.78 Å². The standard InChI is InChI=1S/C19H25F2N5O/c20-18(21)16-10-15(24-19-22-12-23-26(16)19)14-7-4-8-25(11-14)17(27)9-13-5-2-1-3-6-13/h10,12-14,18H,1-9,11H2/t14-/m1/s1. The summed E-state index contributed by atoms with van der Waals surface area (Å²) in [5.41, 5.74) is 0.388. The lowest BCUT2D eigenvalue weighted by Crippen LogP contribution is -2.40. The molecule has 2 aromatic rings. The van der Waals surface area contributed by atoms with E-state index in [2.05, 4.69) is 15.1 Å². The zero-order chi connectivity index (χ0) is 18.8. The summed E-state index contributed by atoms with van der Waals surface area (Å²) >= 11 is 0. The van der Waals surface area contributed by atoms with E-state index in [0.717, 1.165) is 36.7 Å². The van der Waals surface area contributed by atoms with Crippen molar-refractivity contribution in [3.8, 4) is 0 Å². The number of halogens is 2. The summed E-state index contributed by atoms with van der Waals surface area (Å²) in [5.74, 6) is 0.855. The van der Waals surface area contributed by atoms with Crippen LogP contribution in [0, 0.1) is 5.92 Å². The quantitative estimate of drug-likeness (QED) is 0.814. The van der Waals surface area contributed by atoms with Gasteiger partial charge in [0.05, 0.1) is 5.69 Å². The lowest BCUT2D eigenvalue weighted by molar-refractivity contribution is -0.133. The minimum atomic E-state index is -2.65. The summed E-state index contributed by atoms with van der Waals surface area (Å²) in [7, 11) is 0. The normalized spacial score (nSPS) is 21.9. The number of likely N-dealkylation sites (tertiary alicyclic amines) is 1. The van der Waals surface area contributed by atoms with E-state index in [1.165, 1.54) is 31.7 Å². The summed E-state index contributed by atoms with van der Waals surface area (Å²) < 4.78 is 27.9. The van der Waals surface area contributed by atoms with Gasteiger partial charge in [0, 0.05) is 25.4 Å². The largest absolute Gasteiger partial charge is 0.342 e. The summed E-state index contributed by atoms with van der Waals surface area (Å²) in [6.07, 6.45) is 6.92. The average Bonchev–Trinajstić information content (AvgIpc) is 3.16. The number of aromatic nitrogens is 4. The van der Waals surface area contributed by atoms with Crippen LogP contribution in [0.2, 0.25) is 0 Å². The zero-order valence-electron chi connectivity index (χ0n) is 15.4. The van der Waals surface area contributed by atoms with Gasteiger partial charge in [-0.15, -0.1) is 0 Å². The highest BCUT2D eigenvalue weighted by atomic mass is 19.3. The second-order valence-electron chi connectivity index (χ2n) is 7.77. The predicted molar refractivity (Wildman–Crippen MR) is 95.5 cm³/mol. The molecule has 1 atom stereocenters. The highest BCUT2D eigenvalue weighted by Crippen LogP contribution is 2.31. The second-order valence-corrected chi connectivity index (χ2v) is 7.77. The summed E-state index contributed by atoms with van der Waals surface area (Å²) in [6, 6.07) is 1.42. The van der Waals surface area contributed by atoms with E-state index < -0.39 is 6.43 Å². The molecule has 0 N–H and O–H groups in total. The molecule has 0 radical (unpaired) electrons.